The predicted octanol–water partition coefficient (Wildman–Crippen LogP) is 3.08. The van der Waals surface area contributed by atoms with Crippen LogP contribution in [0.1, 0.15) is 35.3 Å². The Hall–Kier alpha value is -3.10. The molecule has 0 bridgehead atoms. The van der Waals surface area contributed by atoms with Crippen molar-refractivity contribution >= 4 is 23.1 Å². The van der Waals surface area contributed by atoms with E-state index < -0.39 is 23.8 Å². The van der Waals surface area contributed by atoms with Gasteiger partial charge in [0.25, 0.3) is 0 Å². The number of rotatable bonds is 3. The van der Waals surface area contributed by atoms with E-state index in [-0.39, 0.29) is 41.3 Å². The maximum absolute atomic E-state index is 14.3. The van der Waals surface area contributed by atoms with Crippen LogP contribution in [-0.4, -0.2) is 33.1 Å². The van der Waals surface area contributed by atoms with Gasteiger partial charge in [-0.25, -0.2) is 22.7 Å². The van der Waals surface area contributed by atoms with Gasteiger partial charge in [-0.3, -0.25) is 4.79 Å². The highest BCUT2D eigenvalue weighted by Crippen LogP contribution is 2.38. The third-order valence-corrected chi connectivity index (χ3v) is 4.71. The van der Waals surface area contributed by atoms with E-state index in [2.05, 4.69) is 10.1 Å². The normalized spacial score (nSPS) is 19.8. The third kappa shape index (κ3) is 2.88. The molecule has 1 aliphatic rings. The molecule has 0 unspecified atom stereocenters. The van der Waals surface area contributed by atoms with Crippen LogP contribution < -0.4 is 10.6 Å². The third-order valence-electron chi connectivity index (χ3n) is 4.71. The van der Waals surface area contributed by atoms with Crippen molar-refractivity contribution in [2.75, 3.05) is 17.2 Å². The molecule has 0 spiro atoms. The molecule has 0 aliphatic carbocycles. The van der Waals surface area contributed by atoms with Crippen molar-refractivity contribution in [1.82, 2.24) is 14.6 Å². The van der Waals surface area contributed by atoms with E-state index in [0.717, 1.165) is 18.2 Å². The minimum absolute atomic E-state index is 0.00813. The van der Waals surface area contributed by atoms with Gasteiger partial charge in [0.15, 0.2) is 17.2 Å². The number of carbonyl (C=O) groups is 1. The Labute approximate surface area is 152 Å². The topological polar surface area (TPSA) is 76.5 Å². The number of alkyl halides is 1. The molecule has 27 heavy (non-hydrogen) atoms. The zero-order valence-corrected chi connectivity index (χ0v) is 14.4. The highest BCUT2D eigenvalue weighted by atomic mass is 19.1. The molecule has 140 valence electrons. The van der Waals surface area contributed by atoms with Crippen LogP contribution in [0, 0.1) is 11.6 Å². The first-order chi connectivity index (χ1) is 12.8. The van der Waals surface area contributed by atoms with Gasteiger partial charge in [-0.15, -0.1) is 5.10 Å². The Morgan fingerprint density at radius 2 is 2.07 bits per heavy atom. The maximum atomic E-state index is 14.3. The fraction of sp³-hybridized carbons (Fsp3) is 0.278. The second-order valence-electron chi connectivity index (χ2n) is 6.54. The van der Waals surface area contributed by atoms with Crippen LogP contribution in [0.3, 0.4) is 0 Å². The van der Waals surface area contributed by atoms with Crippen LogP contribution in [0.15, 0.2) is 30.5 Å². The standard InChI is InChI=1S/C18H16F3N5O/c1-9(27)16-17(22)24-26-5-4-15(23-18(16)26)25-8-11(20)7-14(25)12-6-10(19)2-3-13(12)21/h2-6,11,14H,7-8H2,1H3,(H2,22,24)/t11-,14-/m0/s1. The molecule has 3 aromatic rings. The largest absolute Gasteiger partial charge is 0.382 e. The summed E-state index contributed by atoms with van der Waals surface area (Å²) in [7, 11) is 0. The summed E-state index contributed by atoms with van der Waals surface area (Å²) in [5.74, 6) is -1.13. The lowest BCUT2D eigenvalue weighted by molar-refractivity contribution is 0.102. The fourth-order valence-electron chi connectivity index (χ4n) is 3.54. The molecule has 9 heteroatoms. The first-order valence-corrected chi connectivity index (χ1v) is 8.36. The molecule has 0 radical (unpaired) electrons. The van der Waals surface area contributed by atoms with E-state index in [1.54, 1.807) is 17.2 Å². The Morgan fingerprint density at radius 1 is 1.30 bits per heavy atom. The maximum Gasteiger partial charge on any atom is 0.170 e. The van der Waals surface area contributed by atoms with E-state index in [1.807, 2.05) is 0 Å². The highest BCUT2D eigenvalue weighted by Gasteiger charge is 2.36. The van der Waals surface area contributed by atoms with Crippen molar-refractivity contribution in [1.29, 1.82) is 0 Å². The lowest BCUT2D eigenvalue weighted by Gasteiger charge is -2.26. The molecular formula is C18H16F3N5O. The summed E-state index contributed by atoms with van der Waals surface area (Å²) in [5, 5.41) is 4.03. The van der Waals surface area contributed by atoms with E-state index in [4.69, 9.17) is 5.73 Å². The van der Waals surface area contributed by atoms with Crippen LogP contribution >= 0.6 is 0 Å². The van der Waals surface area contributed by atoms with Gasteiger partial charge < -0.3 is 10.6 Å². The number of Topliss-reactive ketones (excluding diaryl/α,β-unsaturated/α-hetero) is 1. The number of fused-ring (bicyclic) bond motifs is 1. The molecule has 1 saturated heterocycles. The molecular weight excluding hydrogens is 359 g/mol. The van der Waals surface area contributed by atoms with Gasteiger partial charge in [-0.05, 0) is 31.2 Å². The average molecular weight is 375 g/mol. The Bertz CT molecular complexity index is 1050. The van der Waals surface area contributed by atoms with Crippen molar-refractivity contribution in [2.45, 2.75) is 25.6 Å². The second-order valence-corrected chi connectivity index (χ2v) is 6.54. The van der Waals surface area contributed by atoms with Gasteiger partial charge in [0.05, 0.1) is 12.6 Å². The molecule has 0 saturated carbocycles. The van der Waals surface area contributed by atoms with Crippen molar-refractivity contribution in [3.05, 3.63) is 53.2 Å². The number of carbonyl (C=O) groups excluding carboxylic acids is 1. The highest BCUT2D eigenvalue weighted by molar-refractivity contribution is 6.04. The minimum atomic E-state index is -1.22. The number of hydrogen-bond acceptors (Lipinski definition) is 5. The van der Waals surface area contributed by atoms with Crippen LogP contribution in [0.5, 0.6) is 0 Å². The van der Waals surface area contributed by atoms with Gasteiger partial charge in [-0.1, -0.05) is 0 Å². The molecule has 6 nitrogen and oxygen atoms in total. The van der Waals surface area contributed by atoms with Crippen molar-refractivity contribution in [3.8, 4) is 0 Å². The van der Waals surface area contributed by atoms with Crippen molar-refractivity contribution in [3.63, 3.8) is 0 Å². The number of nitrogens with zero attached hydrogens (tertiary/aromatic N) is 4. The number of benzene rings is 1. The first-order valence-electron chi connectivity index (χ1n) is 8.36. The van der Waals surface area contributed by atoms with Crippen LogP contribution in [0.2, 0.25) is 0 Å². The van der Waals surface area contributed by atoms with E-state index in [9.17, 15) is 18.0 Å². The van der Waals surface area contributed by atoms with Crippen LogP contribution in [0.25, 0.3) is 5.65 Å². The average Bonchev–Trinajstić information content (AvgIpc) is 3.15. The van der Waals surface area contributed by atoms with Crippen molar-refractivity contribution < 1.29 is 18.0 Å². The van der Waals surface area contributed by atoms with E-state index >= 15 is 0 Å². The lowest BCUT2D eigenvalue weighted by Crippen LogP contribution is -2.25. The smallest absolute Gasteiger partial charge is 0.170 e. The van der Waals surface area contributed by atoms with E-state index in [0.29, 0.717) is 5.82 Å². The first kappa shape index (κ1) is 17.3. The summed E-state index contributed by atoms with van der Waals surface area (Å²) in [6, 6.07) is 3.97. The summed E-state index contributed by atoms with van der Waals surface area (Å²) in [6.45, 7) is 1.32. The molecule has 0 amide bonds. The van der Waals surface area contributed by atoms with Gasteiger partial charge in [0, 0.05) is 18.2 Å². The van der Waals surface area contributed by atoms with Gasteiger partial charge in [0.1, 0.15) is 29.2 Å². The molecule has 3 heterocycles. The fourth-order valence-corrected chi connectivity index (χ4v) is 3.54. The zero-order chi connectivity index (χ0) is 19.3. The van der Waals surface area contributed by atoms with Crippen LogP contribution in [0.4, 0.5) is 24.8 Å². The molecule has 4 rings (SSSR count). The molecule has 2 aromatic heterocycles. The second kappa shape index (κ2) is 6.26. The van der Waals surface area contributed by atoms with Crippen molar-refractivity contribution in [2.24, 2.45) is 0 Å². The predicted molar refractivity (Wildman–Crippen MR) is 93.4 cm³/mol. The van der Waals surface area contributed by atoms with Gasteiger partial charge >= 0.3 is 0 Å². The summed E-state index contributed by atoms with van der Waals surface area (Å²) in [5.41, 5.74) is 6.25. The van der Waals surface area contributed by atoms with Gasteiger partial charge in [0.2, 0.25) is 0 Å². The number of halogens is 3. The Kier molecular flexibility index (Phi) is 4.01. The number of hydrogen-bond donors (Lipinski definition) is 1. The number of ketones is 1. The monoisotopic (exact) mass is 375 g/mol. The molecule has 1 aliphatic heterocycles. The molecule has 1 aromatic carbocycles. The summed E-state index contributed by atoms with van der Waals surface area (Å²) in [6.07, 6.45) is 0.331. The number of nitrogen functional groups attached to an aromatic ring is 1. The number of aromatic nitrogens is 3. The van der Waals surface area contributed by atoms with Crippen LogP contribution in [-0.2, 0) is 0 Å². The molecule has 2 N–H and O–H groups in total. The Balaban J connectivity index is 1.82. The molecule has 2 atom stereocenters. The Morgan fingerprint density at radius 3 is 2.81 bits per heavy atom. The lowest BCUT2D eigenvalue weighted by atomic mass is 10.0. The summed E-state index contributed by atoms with van der Waals surface area (Å²) in [4.78, 5) is 17.8. The minimum Gasteiger partial charge on any atom is -0.382 e. The zero-order valence-electron chi connectivity index (χ0n) is 14.4. The summed E-state index contributed by atoms with van der Waals surface area (Å²) < 4.78 is 43.4. The summed E-state index contributed by atoms with van der Waals surface area (Å²) >= 11 is 0. The van der Waals surface area contributed by atoms with Gasteiger partial charge in [-0.2, -0.15) is 0 Å². The number of nitrogens with two attached hydrogens (primary N) is 1. The SMILES string of the molecule is CC(=O)c1c(N)nn2ccc(N3C[C@@H](F)C[C@H]3c3cc(F)ccc3F)nc12. The molecule has 1 fully saturated rings. The number of anilines is 2. The quantitative estimate of drug-likeness (QED) is 0.712. The van der Waals surface area contributed by atoms with E-state index in [1.165, 1.54) is 11.4 Å².